The van der Waals surface area contributed by atoms with Crippen molar-refractivity contribution in [2.24, 2.45) is 0 Å². The van der Waals surface area contributed by atoms with Crippen molar-refractivity contribution in [1.82, 2.24) is 9.80 Å². The fourth-order valence-electron chi connectivity index (χ4n) is 3.25. The molecule has 9 heteroatoms. The van der Waals surface area contributed by atoms with Crippen LogP contribution < -0.4 is 4.90 Å². The Hall–Kier alpha value is -1.45. The normalized spacial score (nSPS) is 21.4. The van der Waals surface area contributed by atoms with Gasteiger partial charge < -0.3 is 9.64 Å². The Morgan fingerprint density at radius 1 is 1.19 bits per heavy atom. The molecule has 0 saturated carbocycles. The molecule has 7 nitrogen and oxygen atoms in total. The smallest absolute Gasteiger partial charge is 0.409 e. The fraction of sp³-hybridized carbons (Fsp3) is 0.471. The third kappa shape index (κ3) is 3.79. The minimum Gasteiger partial charge on any atom is -0.450 e. The third-order valence-corrected chi connectivity index (χ3v) is 5.68. The Balaban J connectivity index is 1.69. The van der Waals surface area contributed by atoms with E-state index in [4.69, 9.17) is 4.74 Å². The highest BCUT2D eigenvalue weighted by atomic mass is 79.9. The first-order chi connectivity index (χ1) is 12.4. The van der Waals surface area contributed by atoms with Crippen molar-refractivity contribution < 1.29 is 19.1 Å². The predicted octanol–water partition coefficient (Wildman–Crippen LogP) is 2.62. The first-order valence-electron chi connectivity index (χ1n) is 8.40. The molecule has 0 aromatic heterocycles. The quantitative estimate of drug-likeness (QED) is 0.611. The van der Waals surface area contributed by atoms with Gasteiger partial charge in [-0.25, -0.2) is 9.69 Å². The summed E-state index contributed by atoms with van der Waals surface area (Å²) in [5, 5.41) is 0. The molecule has 1 aromatic rings. The summed E-state index contributed by atoms with van der Waals surface area (Å²) in [5.41, 5.74) is 0.552. The fourth-order valence-corrected chi connectivity index (χ4v) is 4.47. The SMILES string of the molecule is CCOC(=O)N1CCN(C2CC(=O)N(c3ccc(Br)cc3Br)C2=O)CC1. The van der Waals surface area contributed by atoms with Crippen LogP contribution in [0.2, 0.25) is 0 Å². The zero-order chi connectivity index (χ0) is 18.8. The molecule has 0 N–H and O–H groups in total. The topological polar surface area (TPSA) is 70.2 Å². The second kappa shape index (κ2) is 8.06. The van der Waals surface area contributed by atoms with Gasteiger partial charge in [-0.3, -0.25) is 14.5 Å². The lowest BCUT2D eigenvalue weighted by Gasteiger charge is -2.36. The summed E-state index contributed by atoms with van der Waals surface area (Å²) in [4.78, 5) is 42.0. The van der Waals surface area contributed by atoms with Gasteiger partial charge in [0.25, 0.3) is 5.91 Å². The number of carbonyl (C=O) groups is 3. The molecule has 2 saturated heterocycles. The van der Waals surface area contributed by atoms with Crippen molar-refractivity contribution in [2.45, 2.75) is 19.4 Å². The molecular weight excluding hydrogens is 470 g/mol. The summed E-state index contributed by atoms with van der Waals surface area (Å²) in [6.45, 7) is 4.16. The molecule has 0 radical (unpaired) electrons. The number of piperazine rings is 1. The Labute approximate surface area is 168 Å². The van der Waals surface area contributed by atoms with Crippen LogP contribution in [0.25, 0.3) is 0 Å². The van der Waals surface area contributed by atoms with Crippen LogP contribution in [0.3, 0.4) is 0 Å². The number of rotatable bonds is 3. The van der Waals surface area contributed by atoms with E-state index < -0.39 is 6.04 Å². The van der Waals surface area contributed by atoms with Crippen molar-refractivity contribution in [3.05, 3.63) is 27.1 Å². The lowest BCUT2D eigenvalue weighted by Crippen LogP contribution is -2.54. The van der Waals surface area contributed by atoms with Crippen LogP contribution in [0, 0.1) is 0 Å². The van der Waals surface area contributed by atoms with Gasteiger partial charge in [0.1, 0.15) is 0 Å². The molecule has 3 amide bonds. The number of benzene rings is 1. The van der Waals surface area contributed by atoms with E-state index in [2.05, 4.69) is 31.9 Å². The van der Waals surface area contributed by atoms with E-state index in [1.54, 1.807) is 30.0 Å². The zero-order valence-corrected chi connectivity index (χ0v) is 17.5. The van der Waals surface area contributed by atoms with Crippen molar-refractivity contribution in [3.63, 3.8) is 0 Å². The third-order valence-electron chi connectivity index (χ3n) is 4.55. The van der Waals surface area contributed by atoms with Gasteiger partial charge in [-0.15, -0.1) is 0 Å². The number of hydrogen-bond acceptors (Lipinski definition) is 5. The summed E-state index contributed by atoms with van der Waals surface area (Å²) >= 11 is 6.79. The van der Waals surface area contributed by atoms with Gasteiger partial charge in [0.15, 0.2) is 0 Å². The van der Waals surface area contributed by atoms with E-state index in [0.717, 1.165) is 4.47 Å². The standard InChI is InChI=1S/C17H19Br2N3O4/c1-2-26-17(25)21-7-5-20(6-8-21)14-10-15(23)22(16(14)24)13-4-3-11(18)9-12(13)19/h3-4,9,14H,2,5-8,10H2,1H3. The molecule has 1 atom stereocenters. The van der Waals surface area contributed by atoms with Gasteiger partial charge in [0.2, 0.25) is 5.91 Å². The number of carbonyl (C=O) groups excluding carboxylic acids is 3. The second-order valence-corrected chi connectivity index (χ2v) is 7.87. The summed E-state index contributed by atoms with van der Waals surface area (Å²) in [6, 6.07) is 4.86. The zero-order valence-electron chi connectivity index (χ0n) is 14.3. The van der Waals surface area contributed by atoms with E-state index in [1.807, 2.05) is 4.90 Å². The number of nitrogens with zero attached hydrogens (tertiary/aromatic N) is 3. The number of ether oxygens (including phenoxy) is 1. The van der Waals surface area contributed by atoms with E-state index >= 15 is 0 Å². The van der Waals surface area contributed by atoms with E-state index in [0.29, 0.717) is 42.9 Å². The molecule has 1 unspecified atom stereocenters. The molecule has 0 bridgehead atoms. The maximum atomic E-state index is 12.9. The Kier molecular flexibility index (Phi) is 5.99. The summed E-state index contributed by atoms with van der Waals surface area (Å²) < 4.78 is 6.55. The molecule has 0 spiro atoms. The molecule has 2 aliphatic rings. The van der Waals surface area contributed by atoms with Crippen molar-refractivity contribution >= 4 is 55.5 Å². The average molecular weight is 489 g/mol. The first-order valence-corrected chi connectivity index (χ1v) is 9.98. The lowest BCUT2D eigenvalue weighted by molar-refractivity contribution is -0.123. The van der Waals surface area contributed by atoms with E-state index in [9.17, 15) is 14.4 Å². The monoisotopic (exact) mass is 487 g/mol. The molecule has 2 aliphatic heterocycles. The second-order valence-electron chi connectivity index (χ2n) is 6.10. The highest BCUT2D eigenvalue weighted by Gasteiger charge is 2.44. The summed E-state index contributed by atoms with van der Waals surface area (Å²) in [5.74, 6) is -0.432. The van der Waals surface area contributed by atoms with Crippen LogP contribution in [0.5, 0.6) is 0 Å². The van der Waals surface area contributed by atoms with E-state index in [-0.39, 0.29) is 24.3 Å². The first kappa shape index (κ1) is 19.3. The van der Waals surface area contributed by atoms with Gasteiger partial charge in [0, 0.05) is 35.1 Å². The maximum Gasteiger partial charge on any atom is 0.409 e. The van der Waals surface area contributed by atoms with Crippen LogP contribution in [-0.4, -0.2) is 66.5 Å². The van der Waals surface area contributed by atoms with Crippen LogP contribution in [0.4, 0.5) is 10.5 Å². The molecule has 2 heterocycles. The number of imide groups is 1. The molecule has 0 aliphatic carbocycles. The van der Waals surface area contributed by atoms with Crippen molar-refractivity contribution in [2.75, 3.05) is 37.7 Å². The molecule has 1 aromatic carbocycles. The highest BCUT2D eigenvalue weighted by molar-refractivity contribution is 9.11. The summed E-state index contributed by atoms with van der Waals surface area (Å²) in [6.07, 6.45) is -0.179. The maximum absolute atomic E-state index is 12.9. The van der Waals surface area contributed by atoms with Gasteiger partial charge in [-0.05, 0) is 41.1 Å². The van der Waals surface area contributed by atoms with Gasteiger partial charge in [-0.2, -0.15) is 0 Å². The molecule has 3 rings (SSSR count). The van der Waals surface area contributed by atoms with Crippen LogP contribution in [-0.2, 0) is 14.3 Å². The minimum absolute atomic E-state index is 0.154. The molecule has 140 valence electrons. The minimum atomic E-state index is -0.484. The number of amides is 3. The predicted molar refractivity (Wildman–Crippen MR) is 103 cm³/mol. The molecular formula is C17H19Br2N3O4. The van der Waals surface area contributed by atoms with Gasteiger partial charge >= 0.3 is 6.09 Å². The van der Waals surface area contributed by atoms with E-state index in [1.165, 1.54) is 4.90 Å². The van der Waals surface area contributed by atoms with Crippen LogP contribution in [0.1, 0.15) is 13.3 Å². The van der Waals surface area contributed by atoms with Crippen molar-refractivity contribution in [1.29, 1.82) is 0 Å². The van der Waals surface area contributed by atoms with Crippen LogP contribution in [0.15, 0.2) is 27.1 Å². The molecule has 26 heavy (non-hydrogen) atoms. The number of hydrogen-bond donors (Lipinski definition) is 0. The Morgan fingerprint density at radius 2 is 1.88 bits per heavy atom. The summed E-state index contributed by atoms with van der Waals surface area (Å²) in [7, 11) is 0. The lowest BCUT2D eigenvalue weighted by atomic mass is 10.2. The average Bonchev–Trinajstić information content (AvgIpc) is 2.90. The highest BCUT2D eigenvalue weighted by Crippen LogP contribution is 2.33. The van der Waals surface area contributed by atoms with Gasteiger partial charge in [-0.1, -0.05) is 15.9 Å². The molecule has 2 fully saturated rings. The number of halogens is 2. The van der Waals surface area contributed by atoms with Gasteiger partial charge in [0.05, 0.1) is 24.8 Å². The van der Waals surface area contributed by atoms with Crippen molar-refractivity contribution in [3.8, 4) is 0 Å². The largest absolute Gasteiger partial charge is 0.450 e. The number of anilines is 1. The Bertz CT molecular complexity index is 735. The Morgan fingerprint density at radius 3 is 2.50 bits per heavy atom. The van der Waals surface area contributed by atoms with Crippen LogP contribution >= 0.6 is 31.9 Å².